The maximum atomic E-state index is 13.4. The molecule has 1 amide bonds. The molecule has 3 aliphatic rings. The second kappa shape index (κ2) is 6.33. The van der Waals surface area contributed by atoms with Crippen molar-refractivity contribution >= 4 is 29.3 Å². The first kappa shape index (κ1) is 17.7. The summed E-state index contributed by atoms with van der Waals surface area (Å²) in [6, 6.07) is 3.94. The fourth-order valence-corrected chi connectivity index (χ4v) is 4.00. The van der Waals surface area contributed by atoms with Gasteiger partial charge in [0.15, 0.2) is 6.61 Å². The lowest BCUT2D eigenvalue weighted by Crippen LogP contribution is -2.67. The second-order valence-electron chi connectivity index (χ2n) is 6.72. The Morgan fingerprint density at radius 3 is 2.67 bits per heavy atom. The molecule has 132 valence electrons. The van der Waals surface area contributed by atoms with E-state index in [-0.39, 0.29) is 17.4 Å². The van der Waals surface area contributed by atoms with Gasteiger partial charge < -0.3 is 15.6 Å². The predicted molar refractivity (Wildman–Crippen MR) is 88.3 cm³/mol. The first-order valence-corrected chi connectivity index (χ1v) is 8.51. The van der Waals surface area contributed by atoms with Crippen molar-refractivity contribution in [2.75, 3.05) is 6.61 Å². The number of carbonyl (C=O) groups is 1. The van der Waals surface area contributed by atoms with Crippen LogP contribution in [0.5, 0.6) is 5.75 Å². The number of amides is 1. The molecule has 3 fully saturated rings. The fraction of sp³-hybridized carbons (Fsp3) is 0.562. The molecule has 2 bridgehead atoms. The SMILES string of the molecule is NC12CCC(N(Cl)C(=O)COc3ccc(Cl)c(F)c3)(CC1)CC2O. The van der Waals surface area contributed by atoms with E-state index in [1.54, 1.807) is 0 Å². The van der Waals surface area contributed by atoms with E-state index in [4.69, 9.17) is 33.8 Å². The van der Waals surface area contributed by atoms with E-state index in [0.29, 0.717) is 32.1 Å². The lowest BCUT2D eigenvalue weighted by Gasteiger charge is -2.56. The van der Waals surface area contributed by atoms with Crippen LogP contribution < -0.4 is 10.5 Å². The molecular weight excluding hydrogens is 358 g/mol. The van der Waals surface area contributed by atoms with Gasteiger partial charge in [0.2, 0.25) is 0 Å². The van der Waals surface area contributed by atoms with E-state index in [2.05, 4.69) is 0 Å². The van der Waals surface area contributed by atoms with Crippen LogP contribution in [-0.2, 0) is 4.79 Å². The minimum absolute atomic E-state index is 0.0183. The largest absolute Gasteiger partial charge is 0.484 e. The van der Waals surface area contributed by atoms with Gasteiger partial charge in [0.05, 0.1) is 16.7 Å². The molecule has 3 N–H and O–H groups in total. The van der Waals surface area contributed by atoms with E-state index in [9.17, 15) is 14.3 Å². The lowest BCUT2D eigenvalue weighted by atomic mass is 9.60. The lowest BCUT2D eigenvalue weighted by molar-refractivity contribution is -0.141. The van der Waals surface area contributed by atoms with Crippen molar-refractivity contribution < 1.29 is 19.0 Å². The molecule has 0 saturated heterocycles. The van der Waals surface area contributed by atoms with Crippen LogP contribution in [0.2, 0.25) is 5.02 Å². The topological polar surface area (TPSA) is 75.8 Å². The van der Waals surface area contributed by atoms with E-state index in [1.807, 2.05) is 0 Å². The second-order valence-corrected chi connectivity index (χ2v) is 7.46. The highest BCUT2D eigenvalue weighted by molar-refractivity contribution is 6.30. The zero-order valence-corrected chi connectivity index (χ0v) is 14.5. The quantitative estimate of drug-likeness (QED) is 0.791. The molecule has 0 spiro atoms. The maximum absolute atomic E-state index is 13.4. The van der Waals surface area contributed by atoms with Gasteiger partial charge in [0.1, 0.15) is 11.6 Å². The van der Waals surface area contributed by atoms with Crippen molar-refractivity contribution in [3.63, 3.8) is 0 Å². The first-order chi connectivity index (χ1) is 11.3. The molecule has 0 aromatic heterocycles. The number of fused-ring (bicyclic) bond motifs is 3. The molecule has 4 rings (SSSR count). The maximum Gasteiger partial charge on any atom is 0.275 e. The number of carbonyl (C=O) groups excluding carboxylic acids is 1. The minimum atomic E-state index is -0.680. The fourth-order valence-electron chi connectivity index (χ4n) is 3.59. The molecule has 0 heterocycles. The van der Waals surface area contributed by atoms with Gasteiger partial charge in [-0.1, -0.05) is 11.6 Å². The van der Waals surface area contributed by atoms with Gasteiger partial charge >= 0.3 is 0 Å². The average Bonchev–Trinajstić information content (AvgIpc) is 2.56. The van der Waals surface area contributed by atoms with Gasteiger partial charge in [-0.2, -0.15) is 0 Å². The summed E-state index contributed by atoms with van der Waals surface area (Å²) in [7, 11) is 0. The Labute approximate surface area is 149 Å². The molecule has 0 aliphatic heterocycles. The van der Waals surface area contributed by atoms with Crippen molar-refractivity contribution in [1.29, 1.82) is 0 Å². The van der Waals surface area contributed by atoms with Gasteiger partial charge in [-0.05, 0) is 44.2 Å². The highest BCUT2D eigenvalue weighted by Gasteiger charge is 2.55. The minimum Gasteiger partial charge on any atom is -0.484 e. The Bertz CT molecular complexity index is 650. The van der Waals surface area contributed by atoms with Crippen molar-refractivity contribution in [3.8, 4) is 5.75 Å². The molecule has 1 unspecified atom stereocenters. The summed E-state index contributed by atoms with van der Waals surface area (Å²) in [6.45, 7) is -0.323. The number of aliphatic hydroxyl groups excluding tert-OH is 1. The zero-order valence-electron chi connectivity index (χ0n) is 13.0. The summed E-state index contributed by atoms with van der Waals surface area (Å²) in [6.07, 6.45) is 2.20. The number of nitrogens with zero attached hydrogens (tertiary/aromatic N) is 1. The molecule has 3 aliphatic carbocycles. The van der Waals surface area contributed by atoms with Gasteiger partial charge in [-0.3, -0.25) is 4.79 Å². The highest BCUT2D eigenvalue weighted by Crippen LogP contribution is 2.49. The van der Waals surface area contributed by atoms with Crippen LogP contribution in [0.25, 0.3) is 0 Å². The van der Waals surface area contributed by atoms with Crippen LogP contribution in [0, 0.1) is 5.82 Å². The molecular formula is C16H19Cl2FN2O3. The summed E-state index contributed by atoms with van der Waals surface area (Å²) in [4.78, 5) is 12.4. The molecule has 3 saturated carbocycles. The van der Waals surface area contributed by atoms with Gasteiger partial charge in [0.25, 0.3) is 5.91 Å². The molecule has 1 aromatic rings. The Morgan fingerprint density at radius 2 is 2.08 bits per heavy atom. The molecule has 24 heavy (non-hydrogen) atoms. The normalized spacial score (nSPS) is 31.8. The van der Waals surface area contributed by atoms with E-state index in [0.717, 1.165) is 10.5 Å². The highest BCUT2D eigenvalue weighted by atomic mass is 35.5. The third-order valence-corrected chi connectivity index (χ3v) is 6.09. The van der Waals surface area contributed by atoms with Crippen LogP contribution in [0.15, 0.2) is 18.2 Å². The van der Waals surface area contributed by atoms with Crippen molar-refractivity contribution in [2.24, 2.45) is 5.73 Å². The Balaban J connectivity index is 1.63. The third kappa shape index (κ3) is 3.08. The van der Waals surface area contributed by atoms with E-state index >= 15 is 0 Å². The number of benzene rings is 1. The Morgan fingerprint density at radius 1 is 1.42 bits per heavy atom. The van der Waals surface area contributed by atoms with Crippen molar-refractivity contribution in [3.05, 3.63) is 29.0 Å². The van der Waals surface area contributed by atoms with Gasteiger partial charge in [0, 0.05) is 23.4 Å². The number of nitrogens with two attached hydrogens (primary N) is 1. The van der Waals surface area contributed by atoms with E-state index in [1.165, 1.54) is 12.1 Å². The van der Waals surface area contributed by atoms with Gasteiger partial charge in [-0.25, -0.2) is 8.81 Å². The number of rotatable bonds is 4. The van der Waals surface area contributed by atoms with Crippen LogP contribution in [0.1, 0.15) is 32.1 Å². The Hall–Kier alpha value is -1.08. The molecule has 1 atom stereocenters. The third-order valence-electron chi connectivity index (χ3n) is 5.24. The summed E-state index contributed by atoms with van der Waals surface area (Å²) in [5.41, 5.74) is 5.00. The molecule has 0 radical (unpaired) electrons. The Kier molecular flexibility index (Phi) is 4.68. The van der Waals surface area contributed by atoms with Crippen LogP contribution in [0.3, 0.4) is 0 Å². The summed E-state index contributed by atoms with van der Waals surface area (Å²) in [5.74, 6) is -0.864. The predicted octanol–water partition coefficient (Wildman–Crippen LogP) is 2.62. The molecule has 1 aromatic carbocycles. The summed E-state index contributed by atoms with van der Waals surface area (Å²) >= 11 is 11.9. The van der Waals surface area contributed by atoms with Crippen LogP contribution in [-0.4, -0.2) is 39.2 Å². The number of aliphatic hydroxyl groups is 1. The van der Waals surface area contributed by atoms with Crippen LogP contribution >= 0.6 is 23.4 Å². The number of hydrogen-bond donors (Lipinski definition) is 2. The standard InChI is InChI=1S/C16H19Cl2FN2O3/c17-11-2-1-10(7-12(11)19)24-9-14(23)21(18)15-3-5-16(20,6-4-15)13(22)8-15/h1-2,7,13,22H,3-6,8-9,20H2. The smallest absolute Gasteiger partial charge is 0.275 e. The van der Waals surface area contributed by atoms with Crippen LogP contribution in [0.4, 0.5) is 4.39 Å². The number of ether oxygens (including phenoxy) is 1. The van der Waals surface area contributed by atoms with E-state index < -0.39 is 28.9 Å². The number of halogens is 3. The monoisotopic (exact) mass is 376 g/mol. The van der Waals surface area contributed by atoms with Crippen molar-refractivity contribution in [1.82, 2.24) is 4.42 Å². The number of hydrogen-bond acceptors (Lipinski definition) is 4. The van der Waals surface area contributed by atoms with Gasteiger partial charge in [-0.15, -0.1) is 0 Å². The zero-order chi connectivity index (χ0) is 17.5. The average molecular weight is 377 g/mol. The summed E-state index contributed by atoms with van der Waals surface area (Å²) < 4.78 is 19.8. The first-order valence-electron chi connectivity index (χ1n) is 7.79. The van der Waals surface area contributed by atoms with Crippen molar-refractivity contribution in [2.45, 2.75) is 49.3 Å². The molecule has 8 heteroatoms. The molecule has 5 nitrogen and oxygen atoms in total. The summed E-state index contributed by atoms with van der Waals surface area (Å²) in [5, 5.41) is 10.2.